The minimum absolute atomic E-state index is 0.0272. The number of ether oxygens (including phenoxy) is 1. The summed E-state index contributed by atoms with van der Waals surface area (Å²) in [6.07, 6.45) is 7.43. The number of urea groups is 1. The standard InChI is InChI=1S/C30H33ClN4O3.C2HF3O2/c31-24-16-21(15-22(17-24)29(36)34-11-13-38-14-12-34)23-18-27-26(5-6-28(27)32-19-23)20-7-9-35(10-8-20)30(37)33-25-3-1-2-4-25;3-2(4,5)1(6)7/h5,7,15-19,25H,1-4,6,8-14H2,(H,33,37);(H,6,7). The van der Waals surface area contributed by atoms with Gasteiger partial charge in [0.15, 0.2) is 0 Å². The first-order chi connectivity index (χ1) is 21.5. The lowest BCUT2D eigenvalue weighted by Gasteiger charge is -2.28. The fourth-order valence-electron chi connectivity index (χ4n) is 5.92. The molecule has 1 saturated carbocycles. The monoisotopic (exact) mass is 646 g/mol. The van der Waals surface area contributed by atoms with Crippen LogP contribution >= 0.6 is 11.6 Å². The highest BCUT2D eigenvalue weighted by atomic mass is 35.5. The maximum atomic E-state index is 13.1. The summed E-state index contributed by atoms with van der Waals surface area (Å²) in [5.41, 5.74) is 7.04. The Labute approximate surface area is 263 Å². The number of allylic oxidation sites excluding steroid dienone is 2. The van der Waals surface area contributed by atoms with Crippen LogP contribution in [-0.4, -0.2) is 89.4 Å². The SMILES string of the molecule is O=C(NC1CCCC1)N1CC=C(C2=CCc3ncc(-c4cc(Cl)cc(C(=O)N5CCOCC5)c4)cc32)CC1.O=C(O)C(F)(F)F. The van der Waals surface area contributed by atoms with Crippen LogP contribution in [0.5, 0.6) is 0 Å². The summed E-state index contributed by atoms with van der Waals surface area (Å²) in [6.45, 7) is 3.62. The molecule has 6 rings (SSSR count). The Hall–Kier alpha value is -3.90. The molecule has 1 aromatic carbocycles. The van der Waals surface area contributed by atoms with Gasteiger partial charge in [0, 0.05) is 66.6 Å². The van der Waals surface area contributed by atoms with Crippen molar-refractivity contribution >= 4 is 35.1 Å². The summed E-state index contributed by atoms with van der Waals surface area (Å²) >= 11 is 6.47. The van der Waals surface area contributed by atoms with Crippen LogP contribution in [0.15, 0.2) is 48.2 Å². The summed E-state index contributed by atoms with van der Waals surface area (Å²) in [6, 6.07) is 8.08. The first-order valence-electron chi connectivity index (χ1n) is 14.9. The number of aliphatic carboxylic acids is 1. The van der Waals surface area contributed by atoms with Gasteiger partial charge in [0.1, 0.15) is 0 Å². The lowest BCUT2D eigenvalue weighted by atomic mass is 9.94. The first kappa shape index (κ1) is 32.5. The predicted octanol–water partition coefficient (Wildman–Crippen LogP) is 5.73. The zero-order valence-corrected chi connectivity index (χ0v) is 25.3. The number of carbonyl (C=O) groups excluding carboxylic acids is 2. The Bertz CT molecular complexity index is 1510. The van der Waals surface area contributed by atoms with Gasteiger partial charge in [-0.05, 0) is 60.2 Å². The predicted molar refractivity (Wildman–Crippen MR) is 162 cm³/mol. The highest BCUT2D eigenvalue weighted by Crippen LogP contribution is 2.37. The number of aromatic nitrogens is 1. The fraction of sp³-hybridized carbons (Fsp3) is 0.438. The van der Waals surface area contributed by atoms with Crippen LogP contribution in [-0.2, 0) is 16.0 Å². The highest BCUT2D eigenvalue weighted by molar-refractivity contribution is 6.31. The molecule has 0 bridgehead atoms. The summed E-state index contributed by atoms with van der Waals surface area (Å²) in [5.74, 6) is -2.78. The van der Waals surface area contributed by atoms with Crippen molar-refractivity contribution < 1.29 is 37.4 Å². The number of carboxylic acid groups (broad SMARTS) is 1. The van der Waals surface area contributed by atoms with Gasteiger partial charge in [-0.1, -0.05) is 36.6 Å². The Morgan fingerprint density at radius 2 is 1.69 bits per heavy atom. The molecule has 1 aromatic heterocycles. The van der Waals surface area contributed by atoms with E-state index < -0.39 is 12.1 Å². The van der Waals surface area contributed by atoms with Crippen molar-refractivity contribution in [2.75, 3.05) is 39.4 Å². The molecule has 9 nitrogen and oxygen atoms in total. The van der Waals surface area contributed by atoms with Gasteiger partial charge < -0.3 is 25.0 Å². The zero-order chi connectivity index (χ0) is 32.1. The number of morpholine rings is 1. The van der Waals surface area contributed by atoms with E-state index >= 15 is 0 Å². The number of alkyl halides is 3. The van der Waals surface area contributed by atoms with E-state index in [1.54, 1.807) is 6.07 Å². The number of nitrogens with zero attached hydrogens (tertiary/aromatic N) is 3. The Morgan fingerprint density at radius 3 is 2.33 bits per heavy atom. The van der Waals surface area contributed by atoms with Gasteiger partial charge in [0.25, 0.3) is 5.91 Å². The number of pyridine rings is 1. The van der Waals surface area contributed by atoms with Crippen molar-refractivity contribution in [2.45, 2.75) is 50.7 Å². The van der Waals surface area contributed by atoms with Crippen molar-refractivity contribution in [3.8, 4) is 11.1 Å². The highest BCUT2D eigenvalue weighted by Gasteiger charge is 2.38. The minimum Gasteiger partial charge on any atom is -0.475 e. The number of amides is 3. The van der Waals surface area contributed by atoms with E-state index in [1.807, 2.05) is 28.1 Å². The van der Waals surface area contributed by atoms with E-state index in [9.17, 15) is 22.8 Å². The van der Waals surface area contributed by atoms with Crippen LogP contribution in [0.4, 0.5) is 18.0 Å². The van der Waals surface area contributed by atoms with Crippen LogP contribution in [0.2, 0.25) is 5.02 Å². The van der Waals surface area contributed by atoms with Gasteiger partial charge in [-0.15, -0.1) is 0 Å². The number of fused-ring (bicyclic) bond motifs is 1. The molecular formula is C32H34ClF3N4O5. The number of halogens is 4. The van der Waals surface area contributed by atoms with Crippen molar-refractivity contribution in [1.82, 2.24) is 20.1 Å². The van der Waals surface area contributed by atoms with E-state index in [-0.39, 0.29) is 11.9 Å². The van der Waals surface area contributed by atoms with Crippen molar-refractivity contribution in [1.29, 1.82) is 0 Å². The molecular weight excluding hydrogens is 613 g/mol. The van der Waals surface area contributed by atoms with Gasteiger partial charge in [-0.2, -0.15) is 13.2 Å². The quantitative estimate of drug-likeness (QED) is 0.439. The Balaban J connectivity index is 0.000000515. The molecule has 2 N–H and O–H groups in total. The molecule has 2 aliphatic heterocycles. The van der Waals surface area contributed by atoms with E-state index in [0.29, 0.717) is 56.0 Å². The number of nitrogens with one attached hydrogen (secondary N) is 1. The van der Waals surface area contributed by atoms with Gasteiger partial charge in [-0.3, -0.25) is 9.78 Å². The average Bonchev–Trinajstić information content (AvgIpc) is 3.70. The molecule has 0 atom stereocenters. The third-order valence-corrected chi connectivity index (χ3v) is 8.52. The van der Waals surface area contributed by atoms with Gasteiger partial charge >= 0.3 is 18.2 Å². The van der Waals surface area contributed by atoms with Crippen LogP contribution in [0.3, 0.4) is 0 Å². The average molecular weight is 647 g/mol. The Kier molecular flexibility index (Phi) is 10.1. The number of benzene rings is 1. The smallest absolute Gasteiger partial charge is 0.475 e. The number of carboxylic acids is 1. The molecule has 3 amide bonds. The van der Waals surface area contributed by atoms with Crippen LogP contribution < -0.4 is 5.32 Å². The van der Waals surface area contributed by atoms with E-state index in [4.69, 9.17) is 31.2 Å². The second-order valence-electron chi connectivity index (χ2n) is 11.3. The number of hydrogen-bond acceptors (Lipinski definition) is 5. The second-order valence-corrected chi connectivity index (χ2v) is 11.8. The molecule has 0 unspecified atom stereocenters. The largest absolute Gasteiger partial charge is 0.490 e. The summed E-state index contributed by atoms with van der Waals surface area (Å²) in [4.78, 5) is 43.2. The Morgan fingerprint density at radius 1 is 0.978 bits per heavy atom. The zero-order valence-electron chi connectivity index (χ0n) is 24.5. The maximum Gasteiger partial charge on any atom is 0.490 e. The topological polar surface area (TPSA) is 112 Å². The molecule has 13 heteroatoms. The molecule has 240 valence electrons. The van der Waals surface area contributed by atoms with E-state index in [2.05, 4.69) is 23.5 Å². The van der Waals surface area contributed by atoms with Crippen LogP contribution in [0.25, 0.3) is 16.7 Å². The second kappa shape index (κ2) is 14.0. The first-order valence-corrected chi connectivity index (χ1v) is 15.3. The third kappa shape index (κ3) is 8.04. The van der Waals surface area contributed by atoms with Gasteiger partial charge in [0.2, 0.25) is 0 Å². The van der Waals surface area contributed by atoms with Crippen LogP contribution in [0, 0.1) is 0 Å². The summed E-state index contributed by atoms with van der Waals surface area (Å²) in [7, 11) is 0. The van der Waals surface area contributed by atoms with Crippen molar-refractivity contribution in [3.63, 3.8) is 0 Å². The molecule has 0 radical (unpaired) electrons. The molecule has 1 saturated heterocycles. The molecule has 3 heterocycles. The number of rotatable bonds is 4. The van der Waals surface area contributed by atoms with Gasteiger partial charge in [0.05, 0.1) is 18.9 Å². The third-order valence-electron chi connectivity index (χ3n) is 8.30. The van der Waals surface area contributed by atoms with Crippen molar-refractivity contribution in [3.05, 3.63) is 70.0 Å². The van der Waals surface area contributed by atoms with E-state index in [0.717, 1.165) is 48.1 Å². The minimum atomic E-state index is -5.08. The normalized spacial score (nSPS) is 18.4. The maximum absolute atomic E-state index is 13.1. The van der Waals surface area contributed by atoms with Crippen molar-refractivity contribution in [2.24, 2.45) is 0 Å². The molecule has 45 heavy (non-hydrogen) atoms. The van der Waals surface area contributed by atoms with Crippen LogP contribution in [0.1, 0.15) is 53.7 Å². The molecule has 2 aliphatic carbocycles. The summed E-state index contributed by atoms with van der Waals surface area (Å²) in [5, 5.41) is 10.9. The lowest BCUT2D eigenvalue weighted by Crippen LogP contribution is -2.45. The van der Waals surface area contributed by atoms with Gasteiger partial charge in [-0.25, -0.2) is 9.59 Å². The molecule has 4 aliphatic rings. The molecule has 2 fully saturated rings. The number of carbonyl (C=O) groups is 3. The fourth-order valence-corrected chi connectivity index (χ4v) is 6.16. The van der Waals surface area contributed by atoms with E-state index in [1.165, 1.54) is 24.0 Å². The molecule has 2 aromatic rings. The lowest BCUT2D eigenvalue weighted by molar-refractivity contribution is -0.192. The summed E-state index contributed by atoms with van der Waals surface area (Å²) < 4.78 is 37.1. The number of hydrogen-bond donors (Lipinski definition) is 2. The molecule has 0 spiro atoms.